The van der Waals surface area contributed by atoms with Gasteiger partial charge in [-0.25, -0.2) is 4.79 Å². The second kappa shape index (κ2) is 10.7. The van der Waals surface area contributed by atoms with E-state index in [1.165, 1.54) is 13.4 Å². The van der Waals surface area contributed by atoms with E-state index in [0.29, 0.717) is 10.9 Å². The van der Waals surface area contributed by atoms with Crippen LogP contribution in [0.15, 0.2) is 138 Å². The van der Waals surface area contributed by atoms with E-state index in [-0.39, 0.29) is 11.5 Å². The number of carbonyl (C=O) groups is 2. The second-order valence-electron chi connectivity index (χ2n) is 8.40. The molecule has 5 rings (SSSR count). The molecule has 0 radical (unpaired) electrons. The first-order valence-corrected chi connectivity index (χ1v) is 13.7. The molecule has 0 N–H and O–H groups in total. The lowest BCUT2D eigenvalue weighted by atomic mass is 10.1. The molecule has 0 saturated heterocycles. The van der Waals surface area contributed by atoms with Crippen LogP contribution in [0.3, 0.4) is 0 Å². The highest BCUT2D eigenvalue weighted by atomic mass is 31.2. The Morgan fingerprint density at radius 1 is 0.595 bits per heavy atom. The van der Waals surface area contributed by atoms with Crippen LogP contribution >= 0.6 is 6.89 Å². The Kier molecular flexibility index (Phi) is 7.02. The maximum Gasteiger partial charge on any atom is 0.337 e. The molecule has 0 atom stereocenters. The van der Waals surface area contributed by atoms with Crippen LogP contribution in [0.1, 0.15) is 26.5 Å². The standard InChI is InChI=1S/C32H25O4P/c1-35-32(34)25-21-19-24(20-22-25)31(30(33)29-18-11-23-36-29)37(26-12-5-2-6-13-26,27-14-7-3-8-15-27)28-16-9-4-10-17-28/h2-23H,1H3. The van der Waals surface area contributed by atoms with Gasteiger partial charge in [0.25, 0.3) is 0 Å². The van der Waals surface area contributed by atoms with E-state index in [1.54, 1.807) is 24.3 Å². The normalized spacial score (nSPS) is 11.1. The molecule has 0 fully saturated rings. The van der Waals surface area contributed by atoms with Crippen molar-refractivity contribution < 1.29 is 18.7 Å². The van der Waals surface area contributed by atoms with Gasteiger partial charge in [0.2, 0.25) is 5.78 Å². The molecule has 0 spiro atoms. The summed E-state index contributed by atoms with van der Waals surface area (Å²) >= 11 is 0. The number of furan rings is 1. The average Bonchev–Trinajstić information content (AvgIpc) is 3.52. The van der Waals surface area contributed by atoms with Crippen LogP contribution in [0, 0.1) is 0 Å². The zero-order valence-corrected chi connectivity index (χ0v) is 21.2. The van der Waals surface area contributed by atoms with Crippen molar-refractivity contribution >= 4 is 39.8 Å². The maximum atomic E-state index is 14.5. The van der Waals surface area contributed by atoms with E-state index in [2.05, 4.69) is 36.4 Å². The fraction of sp³-hybridized carbons (Fsp3) is 0.0312. The number of methoxy groups -OCH3 is 1. The first-order chi connectivity index (χ1) is 18.2. The van der Waals surface area contributed by atoms with Gasteiger partial charge in [-0.15, -0.1) is 0 Å². The first-order valence-electron chi connectivity index (χ1n) is 11.9. The van der Waals surface area contributed by atoms with E-state index in [1.807, 2.05) is 66.7 Å². The molecule has 0 aliphatic heterocycles. The van der Waals surface area contributed by atoms with Crippen molar-refractivity contribution in [2.24, 2.45) is 0 Å². The van der Waals surface area contributed by atoms with Crippen molar-refractivity contribution in [3.05, 3.63) is 151 Å². The van der Waals surface area contributed by atoms with Crippen LogP contribution < -0.4 is 15.9 Å². The Balaban J connectivity index is 2.00. The van der Waals surface area contributed by atoms with Gasteiger partial charge in [0.1, 0.15) is 0 Å². The Hall–Kier alpha value is -4.40. The lowest BCUT2D eigenvalue weighted by Gasteiger charge is -2.32. The number of ether oxygens (including phenoxy) is 1. The van der Waals surface area contributed by atoms with E-state index in [4.69, 9.17) is 9.15 Å². The van der Waals surface area contributed by atoms with Crippen molar-refractivity contribution in [2.75, 3.05) is 7.11 Å². The molecule has 37 heavy (non-hydrogen) atoms. The summed E-state index contributed by atoms with van der Waals surface area (Å²) in [5.41, 5.74) is 1.14. The van der Waals surface area contributed by atoms with Gasteiger partial charge in [0.15, 0.2) is 5.76 Å². The lowest BCUT2D eigenvalue weighted by Crippen LogP contribution is -2.34. The molecule has 0 bridgehead atoms. The summed E-state index contributed by atoms with van der Waals surface area (Å²) in [6, 6.07) is 41.0. The summed E-state index contributed by atoms with van der Waals surface area (Å²) in [5, 5.41) is 3.75. The molecule has 0 aliphatic carbocycles. The largest absolute Gasteiger partial charge is 0.465 e. The quantitative estimate of drug-likeness (QED) is 0.168. The summed E-state index contributed by atoms with van der Waals surface area (Å²) in [4.78, 5) is 26.6. The highest BCUT2D eigenvalue weighted by molar-refractivity contribution is 7.96. The zero-order valence-electron chi connectivity index (χ0n) is 20.3. The molecule has 0 aliphatic rings. The van der Waals surface area contributed by atoms with Gasteiger partial charge >= 0.3 is 5.97 Å². The molecule has 4 nitrogen and oxygen atoms in total. The molecule has 182 valence electrons. The summed E-state index contributed by atoms with van der Waals surface area (Å²) in [5.74, 6) is -0.361. The van der Waals surface area contributed by atoms with Gasteiger partial charge in [0, 0.05) is 5.29 Å². The number of rotatable bonds is 7. The Labute approximate surface area is 216 Å². The van der Waals surface area contributed by atoms with Gasteiger partial charge in [-0.05, 0) is 52.6 Å². The van der Waals surface area contributed by atoms with Crippen LogP contribution in [0.25, 0.3) is 0 Å². The summed E-state index contributed by atoms with van der Waals surface area (Å²) in [6.45, 7) is -2.74. The second-order valence-corrected chi connectivity index (χ2v) is 11.7. The van der Waals surface area contributed by atoms with Crippen molar-refractivity contribution in [1.82, 2.24) is 0 Å². The molecule has 1 aromatic heterocycles. The first kappa shape index (κ1) is 24.3. The summed E-state index contributed by atoms with van der Waals surface area (Å²) in [7, 11) is 1.35. The number of hydrogen-bond donors (Lipinski definition) is 0. The third-order valence-electron chi connectivity index (χ3n) is 6.31. The zero-order chi connectivity index (χ0) is 25.7. The van der Waals surface area contributed by atoms with Gasteiger partial charge in [-0.1, -0.05) is 103 Å². The molecule has 0 saturated carbocycles. The minimum Gasteiger partial charge on any atom is -0.465 e. The number of hydrogen-bond acceptors (Lipinski definition) is 4. The molecule has 1 heterocycles. The van der Waals surface area contributed by atoms with Gasteiger partial charge in [0.05, 0.1) is 18.9 Å². The Morgan fingerprint density at radius 3 is 1.46 bits per heavy atom. The predicted molar refractivity (Wildman–Crippen MR) is 150 cm³/mol. The van der Waals surface area contributed by atoms with Crippen LogP contribution in [-0.2, 0) is 4.74 Å². The Morgan fingerprint density at radius 2 is 1.05 bits per heavy atom. The molecule has 5 heteroatoms. The number of ketones is 1. The third kappa shape index (κ3) is 4.48. The molecule has 0 amide bonds. The topological polar surface area (TPSA) is 56.5 Å². The fourth-order valence-corrected chi connectivity index (χ4v) is 9.15. The fourth-order valence-electron chi connectivity index (χ4n) is 4.67. The van der Waals surface area contributed by atoms with Crippen molar-refractivity contribution in [3.8, 4) is 0 Å². The number of esters is 1. The third-order valence-corrected chi connectivity index (χ3v) is 10.7. The summed E-state index contributed by atoms with van der Waals surface area (Å²) < 4.78 is 10.6. The minimum absolute atomic E-state index is 0.194. The number of Topliss-reactive ketones (excluding diaryl/α,β-unsaturated/α-hetero) is 1. The molecular formula is C32H25O4P. The lowest BCUT2D eigenvalue weighted by molar-refractivity contribution is 0.0600. The van der Waals surface area contributed by atoms with Crippen LogP contribution in [0.4, 0.5) is 0 Å². The van der Waals surface area contributed by atoms with E-state index in [9.17, 15) is 9.59 Å². The van der Waals surface area contributed by atoms with E-state index in [0.717, 1.165) is 21.5 Å². The van der Waals surface area contributed by atoms with Crippen LogP contribution in [0.2, 0.25) is 0 Å². The van der Waals surface area contributed by atoms with Crippen LogP contribution in [-0.4, -0.2) is 24.2 Å². The highest BCUT2D eigenvalue weighted by Gasteiger charge is 2.35. The van der Waals surface area contributed by atoms with E-state index < -0.39 is 12.9 Å². The molecule has 4 aromatic carbocycles. The van der Waals surface area contributed by atoms with Gasteiger partial charge in [-0.2, -0.15) is 0 Å². The highest BCUT2D eigenvalue weighted by Crippen LogP contribution is 2.48. The van der Waals surface area contributed by atoms with Crippen molar-refractivity contribution in [1.29, 1.82) is 0 Å². The van der Waals surface area contributed by atoms with Gasteiger partial charge in [-0.3, -0.25) is 4.79 Å². The molecule has 5 aromatic rings. The average molecular weight is 505 g/mol. The van der Waals surface area contributed by atoms with Crippen LogP contribution in [0.5, 0.6) is 0 Å². The Bertz CT molecular complexity index is 1450. The van der Waals surface area contributed by atoms with E-state index >= 15 is 0 Å². The summed E-state index contributed by atoms with van der Waals surface area (Å²) in [6.07, 6.45) is 1.51. The number of carbonyl (C=O) groups excluding carboxylic acids is 2. The van der Waals surface area contributed by atoms with Gasteiger partial charge < -0.3 is 9.15 Å². The van der Waals surface area contributed by atoms with Crippen molar-refractivity contribution in [3.63, 3.8) is 0 Å². The number of benzene rings is 4. The molecule has 0 unspecified atom stereocenters. The monoisotopic (exact) mass is 504 g/mol. The van der Waals surface area contributed by atoms with Crippen molar-refractivity contribution in [2.45, 2.75) is 0 Å². The SMILES string of the molecule is COC(=O)c1ccc(C(C(=O)c2ccco2)=P(c2ccccc2)(c2ccccc2)c2ccccc2)cc1. The predicted octanol–water partition coefficient (Wildman–Crippen LogP) is 5.46. The minimum atomic E-state index is -2.74. The molecular weight excluding hydrogens is 479 g/mol. The maximum absolute atomic E-state index is 14.5. The smallest absolute Gasteiger partial charge is 0.337 e.